The van der Waals surface area contributed by atoms with Crippen molar-refractivity contribution in [3.05, 3.63) is 47.5 Å². The van der Waals surface area contributed by atoms with Crippen molar-refractivity contribution < 1.29 is 22.5 Å². The van der Waals surface area contributed by atoms with Gasteiger partial charge in [-0.05, 0) is 13.0 Å². The molecule has 0 spiro atoms. The van der Waals surface area contributed by atoms with E-state index in [1.54, 1.807) is 25.1 Å². The first kappa shape index (κ1) is 15.7. The first-order valence-corrected chi connectivity index (χ1v) is 7.77. The van der Waals surface area contributed by atoms with Crippen molar-refractivity contribution in [2.45, 2.75) is 12.7 Å². The number of aryl methyl sites for hydroxylation is 1. The van der Waals surface area contributed by atoms with E-state index < -0.39 is 19.2 Å². The molecule has 0 aliphatic carbocycles. The Balaban J connectivity index is 2.44. The summed E-state index contributed by atoms with van der Waals surface area (Å²) in [6.07, 6.45) is 0. The maximum Gasteiger partial charge on any atom is 0.356 e. The maximum atomic E-state index is 14.0. The monoisotopic (exact) mass is 314 g/mol. The van der Waals surface area contributed by atoms with Crippen LogP contribution < -0.4 is 5.32 Å². The Morgan fingerprint density at radius 1 is 1.33 bits per heavy atom. The highest BCUT2D eigenvalue weighted by Gasteiger charge is 2.37. The minimum atomic E-state index is -3.63. The molecule has 8 heteroatoms. The zero-order valence-electron chi connectivity index (χ0n) is 11.9. The summed E-state index contributed by atoms with van der Waals surface area (Å²) in [5, 5.41) is 6.59. The molecule has 1 heterocycles. The van der Waals surface area contributed by atoms with Crippen LogP contribution in [-0.2, 0) is 13.6 Å². The van der Waals surface area contributed by atoms with E-state index in [1.807, 2.05) is 0 Å². The van der Waals surface area contributed by atoms with Gasteiger partial charge in [-0.25, -0.2) is 4.39 Å². The molecule has 1 unspecified atom stereocenters. The maximum absolute atomic E-state index is 14.0. The van der Waals surface area contributed by atoms with E-state index in [1.165, 1.54) is 26.4 Å². The summed E-state index contributed by atoms with van der Waals surface area (Å²) in [6.45, 7) is 1.71. The van der Waals surface area contributed by atoms with Gasteiger partial charge >= 0.3 is 7.60 Å². The molecule has 6 nitrogen and oxygen atoms in total. The number of halogens is 1. The Bertz CT molecular complexity index is 653. The van der Waals surface area contributed by atoms with Crippen LogP contribution >= 0.6 is 7.60 Å². The molecule has 1 aromatic heterocycles. The van der Waals surface area contributed by atoms with E-state index in [9.17, 15) is 8.96 Å². The summed E-state index contributed by atoms with van der Waals surface area (Å²) < 4.78 is 41.6. The van der Waals surface area contributed by atoms with Gasteiger partial charge in [0.1, 0.15) is 11.6 Å². The molecule has 1 aromatic carbocycles. The highest BCUT2D eigenvalue weighted by molar-refractivity contribution is 7.54. The van der Waals surface area contributed by atoms with E-state index in [0.29, 0.717) is 11.6 Å². The normalized spacial score (nSPS) is 13.1. The standard InChI is InChI=1S/C13H16FN2O4P/c1-9-8-12(16-20-9)15-13(21(17,18-2)19-3)10-6-4-5-7-11(10)14/h4-8,13H,1-3H3,(H,15,16). The number of nitrogens with zero attached hydrogens (tertiary/aromatic N) is 1. The van der Waals surface area contributed by atoms with Crippen LogP contribution in [0.2, 0.25) is 0 Å². The molecule has 0 saturated carbocycles. The SMILES string of the molecule is COP(=O)(OC)C(Nc1cc(C)on1)c1ccccc1F. The molecule has 1 atom stereocenters. The summed E-state index contributed by atoms with van der Waals surface area (Å²) >= 11 is 0. The fraction of sp³-hybridized carbons (Fsp3) is 0.308. The predicted octanol–water partition coefficient (Wildman–Crippen LogP) is 3.72. The Hall–Kier alpha value is -1.69. The van der Waals surface area contributed by atoms with E-state index in [2.05, 4.69) is 10.5 Å². The molecule has 0 radical (unpaired) electrons. The van der Waals surface area contributed by atoms with Crippen molar-refractivity contribution in [2.75, 3.05) is 19.5 Å². The fourth-order valence-electron chi connectivity index (χ4n) is 1.88. The molecule has 0 fully saturated rings. The molecule has 0 aliphatic rings. The number of rotatable bonds is 6. The molecular weight excluding hydrogens is 298 g/mol. The highest BCUT2D eigenvalue weighted by Crippen LogP contribution is 2.59. The third-order valence-electron chi connectivity index (χ3n) is 2.94. The lowest BCUT2D eigenvalue weighted by Crippen LogP contribution is -2.15. The Morgan fingerprint density at radius 2 is 2.00 bits per heavy atom. The van der Waals surface area contributed by atoms with Crippen molar-refractivity contribution in [1.82, 2.24) is 5.16 Å². The minimum absolute atomic E-state index is 0.158. The van der Waals surface area contributed by atoms with E-state index >= 15 is 0 Å². The number of nitrogens with one attached hydrogen (secondary N) is 1. The third-order valence-corrected chi connectivity index (χ3v) is 5.00. The first-order valence-electron chi connectivity index (χ1n) is 6.15. The second kappa shape index (κ2) is 6.39. The Labute approximate surface area is 121 Å². The van der Waals surface area contributed by atoms with Gasteiger partial charge in [0.2, 0.25) is 0 Å². The predicted molar refractivity (Wildman–Crippen MR) is 75.6 cm³/mol. The smallest absolute Gasteiger partial charge is 0.356 e. The highest BCUT2D eigenvalue weighted by atomic mass is 31.2. The summed E-state index contributed by atoms with van der Waals surface area (Å²) in [6, 6.07) is 7.55. The molecular formula is C13H16FN2O4P. The summed E-state index contributed by atoms with van der Waals surface area (Å²) in [7, 11) is -1.14. The van der Waals surface area contributed by atoms with Crippen LogP contribution in [0, 0.1) is 12.7 Å². The van der Waals surface area contributed by atoms with Gasteiger partial charge in [-0.2, -0.15) is 0 Å². The lowest BCUT2D eigenvalue weighted by molar-refractivity contribution is 0.267. The van der Waals surface area contributed by atoms with Crippen molar-refractivity contribution in [3.8, 4) is 0 Å². The molecule has 0 bridgehead atoms. The van der Waals surface area contributed by atoms with Crippen LogP contribution in [0.15, 0.2) is 34.9 Å². The van der Waals surface area contributed by atoms with Gasteiger partial charge in [-0.3, -0.25) is 4.57 Å². The van der Waals surface area contributed by atoms with Gasteiger partial charge in [0.05, 0.1) is 0 Å². The molecule has 0 saturated heterocycles. The summed E-state index contributed by atoms with van der Waals surface area (Å²) in [5.74, 6) is -0.688. The molecule has 2 aromatic rings. The van der Waals surface area contributed by atoms with Crippen LogP contribution in [0.4, 0.5) is 10.2 Å². The average molecular weight is 314 g/mol. The lowest BCUT2D eigenvalue weighted by Gasteiger charge is -2.25. The Kier molecular flexibility index (Phi) is 4.77. The van der Waals surface area contributed by atoms with E-state index in [-0.39, 0.29) is 5.56 Å². The summed E-state index contributed by atoms with van der Waals surface area (Å²) in [5.41, 5.74) is 0.158. The molecule has 2 rings (SSSR count). The van der Waals surface area contributed by atoms with Crippen molar-refractivity contribution in [2.24, 2.45) is 0 Å². The number of benzene rings is 1. The fourth-order valence-corrected chi connectivity index (χ4v) is 3.30. The molecule has 0 aliphatic heterocycles. The van der Waals surface area contributed by atoms with Gasteiger partial charge in [-0.15, -0.1) is 0 Å². The number of hydrogen-bond donors (Lipinski definition) is 1. The quantitative estimate of drug-likeness (QED) is 0.819. The summed E-state index contributed by atoms with van der Waals surface area (Å²) in [4.78, 5) is 0. The first-order chi connectivity index (χ1) is 10.00. The number of hydrogen-bond acceptors (Lipinski definition) is 6. The largest absolute Gasteiger partial charge is 0.360 e. The third kappa shape index (κ3) is 3.32. The van der Waals surface area contributed by atoms with E-state index in [4.69, 9.17) is 13.6 Å². The Morgan fingerprint density at radius 3 is 2.52 bits per heavy atom. The van der Waals surface area contributed by atoms with Gasteiger partial charge < -0.3 is 18.9 Å². The van der Waals surface area contributed by atoms with E-state index in [0.717, 1.165) is 0 Å². The van der Waals surface area contributed by atoms with Crippen LogP contribution in [-0.4, -0.2) is 19.4 Å². The topological polar surface area (TPSA) is 73.6 Å². The molecule has 1 N–H and O–H groups in total. The number of aromatic nitrogens is 1. The van der Waals surface area contributed by atoms with Crippen molar-refractivity contribution in [3.63, 3.8) is 0 Å². The second-order valence-corrected chi connectivity index (χ2v) is 6.62. The lowest BCUT2D eigenvalue weighted by atomic mass is 10.2. The van der Waals surface area contributed by atoms with Crippen molar-refractivity contribution in [1.29, 1.82) is 0 Å². The van der Waals surface area contributed by atoms with Crippen LogP contribution in [0.1, 0.15) is 17.1 Å². The molecule has 114 valence electrons. The van der Waals surface area contributed by atoms with Crippen LogP contribution in [0.3, 0.4) is 0 Å². The minimum Gasteiger partial charge on any atom is -0.360 e. The molecule has 0 amide bonds. The average Bonchev–Trinajstić information content (AvgIpc) is 2.90. The van der Waals surface area contributed by atoms with Crippen LogP contribution in [0.5, 0.6) is 0 Å². The van der Waals surface area contributed by atoms with Gasteiger partial charge in [0, 0.05) is 25.8 Å². The number of anilines is 1. The zero-order valence-corrected chi connectivity index (χ0v) is 12.8. The van der Waals surface area contributed by atoms with Crippen molar-refractivity contribution >= 4 is 13.4 Å². The zero-order chi connectivity index (χ0) is 15.5. The van der Waals surface area contributed by atoms with Gasteiger partial charge in [0.15, 0.2) is 11.6 Å². The second-order valence-electron chi connectivity index (χ2n) is 4.30. The molecule has 21 heavy (non-hydrogen) atoms. The van der Waals surface area contributed by atoms with Crippen LogP contribution in [0.25, 0.3) is 0 Å². The van der Waals surface area contributed by atoms with Gasteiger partial charge in [-0.1, -0.05) is 23.4 Å². The van der Waals surface area contributed by atoms with Gasteiger partial charge in [0.25, 0.3) is 0 Å².